The number of carbonyl (C=O) groups is 1. The molecule has 0 aliphatic heterocycles. The van der Waals surface area contributed by atoms with Gasteiger partial charge in [-0.15, -0.1) is 11.6 Å². The van der Waals surface area contributed by atoms with Crippen LogP contribution >= 0.6 is 11.6 Å². The molecule has 3 saturated carbocycles. The van der Waals surface area contributed by atoms with Gasteiger partial charge in [0.2, 0.25) is 0 Å². The molecule has 2 heteroatoms. The van der Waals surface area contributed by atoms with E-state index in [1.54, 1.807) is 0 Å². The average Bonchev–Trinajstić information content (AvgIpc) is 1.99. The summed E-state index contributed by atoms with van der Waals surface area (Å²) < 4.78 is 0. The normalized spacial score (nSPS) is 50.2. The number of hydrogen-bond acceptors (Lipinski definition) is 1. The Kier molecular flexibility index (Phi) is 1.47. The van der Waals surface area contributed by atoms with Crippen LogP contribution in [0.5, 0.6) is 0 Å². The van der Waals surface area contributed by atoms with Crippen LogP contribution in [0.2, 0.25) is 0 Å². The Morgan fingerprint density at radius 2 is 2.00 bits per heavy atom. The lowest BCUT2D eigenvalue weighted by Crippen LogP contribution is -2.71. The lowest BCUT2D eigenvalue weighted by Gasteiger charge is -2.63. The van der Waals surface area contributed by atoms with Gasteiger partial charge in [0, 0.05) is 11.3 Å². The second-order valence-electron chi connectivity index (χ2n) is 4.83. The van der Waals surface area contributed by atoms with Gasteiger partial charge in [-0.25, -0.2) is 0 Å². The number of halogens is 1. The largest absolute Gasteiger partial charge is 0.297 e. The minimum absolute atomic E-state index is 0.0311. The zero-order chi connectivity index (χ0) is 9.15. The molecule has 0 spiro atoms. The van der Waals surface area contributed by atoms with Crippen LogP contribution in [0.1, 0.15) is 33.6 Å². The zero-order valence-corrected chi connectivity index (χ0v) is 8.61. The molecule has 1 nitrogen and oxygen atoms in total. The quantitative estimate of drug-likeness (QED) is 0.532. The molecular formula is C10H15ClO. The van der Waals surface area contributed by atoms with E-state index in [2.05, 4.69) is 20.8 Å². The molecule has 68 valence electrons. The summed E-state index contributed by atoms with van der Waals surface area (Å²) in [5, 5.41) is 0. The van der Waals surface area contributed by atoms with Gasteiger partial charge in [0.05, 0.1) is 0 Å². The van der Waals surface area contributed by atoms with E-state index in [1.807, 2.05) is 0 Å². The van der Waals surface area contributed by atoms with Crippen molar-refractivity contribution in [2.75, 3.05) is 0 Å². The second-order valence-corrected chi connectivity index (χ2v) is 5.42. The molecule has 12 heavy (non-hydrogen) atoms. The number of Topliss-reactive ketones (excluding diaryl/α,β-unsaturated/α-hetero) is 1. The van der Waals surface area contributed by atoms with Crippen molar-refractivity contribution in [3.8, 4) is 0 Å². The van der Waals surface area contributed by atoms with Gasteiger partial charge in [0.1, 0.15) is 4.87 Å². The minimum Gasteiger partial charge on any atom is -0.297 e. The van der Waals surface area contributed by atoms with E-state index >= 15 is 0 Å². The zero-order valence-electron chi connectivity index (χ0n) is 7.86. The third-order valence-corrected chi connectivity index (χ3v) is 5.10. The van der Waals surface area contributed by atoms with Crippen LogP contribution in [-0.2, 0) is 4.79 Å². The van der Waals surface area contributed by atoms with Crippen LogP contribution in [-0.4, -0.2) is 10.7 Å². The topological polar surface area (TPSA) is 17.1 Å². The molecule has 3 aliphatic rings. The van der Waals surface area contributed by atoms with Crippen molar-refractivity contribution in [2.24, 2.45) is 17.3 Å². The molecule has 0 N–H and O–H groups in total. The van der Waals surface area contributed by atoms with Crippen molar-refractivity contribution in [2.45, 2.75) is 38.5 Å². The van der Waals surface area contributed by atoms with Crippen molar-refractivity contribution in [1.82, 2.24) is 0 Å². The number of rotatable bonds is 0. The molecule has 0 aromatic rings. The Balaban J connectivity index is 2.42. The van der Waals surface area contributed by atoms with Crippen LogP contribution in [0.15, 0.2) is 0 Å². The molecule has 0 aromatic heterocycles. The van der Waals surface area contributed by atoms with Gasteiger partial charge in [-0.3, -0.25) is 4.79 Å². The number of ketones is 1. The fraction of sp³-hybridized carbons (Fsp3) is 0.900. The van der Waals surface area contributed by atoms with E-state index in [0.29, 0.717) is 11.7 Å². The molecule has 2 bridgehead atoms. The Morgan fingerprint density at radius 3 is 2.33 bits per heavy atom. The van der Waals surface area contributed by atoms with Gasteiger partial charge >= 0.3 is 0 Å². The molecule has 3 fully saturated rings. The van der Waals surface area contributed by atoms with Crippen molar-refractivity contribution < 1.29 is 4.79 Å². The van der Waals surface area contributed by atoms with Crippen molar-refractivity contribution in [1.29, 1.82) is 0 Å². The maximum atomic E-state index is 11.7. The summed E-state index contributed by atoms with van der Waals surface area (Å²) in [5.41, 5.74) is 0.0311. The number of fused-ring (bicyclic) bond motifs is 2. The van der Waals surface area contributed by atoms with E-state index in [9.17, 15) is 4.79 Å². The fourth-order valence-corrected chi connectivity index (χ4v) is 3.43. The van der Waals surface area contributed by atoms with E-state index < -0.39 is 4.87 Å². The van der Waals surface area contributed by atoms with Gasteiger partial charge in [0.15, 0.2) is 5.78 Å². The fourth-order valence-electron chi connectivity index (χ4n) is 3.06. The van der Waals surface area contributed by atoms with E-state index in [0.717, 1.165) is 12.8 Å². The third kappa shape index (κ3) is 0.618. The van der Waals surface area contributed by atoms with Gasteiger partial charge < -0.3 is 0 Å². The highest BCUT2D eigenvalue weighted by Gasteiger charge is 2.70. The first-order valence-electron chi connectivity index (χ1n) is 4.65. The summed E-state index contributed by atoms with van der Waals surface area (Å²) >= 11 is 6.38. The van der Waals surface area contributed by atoms with Crippen molar-refractivity contribution in [3.63, 3.8) is 0 Å². The van der Waals surface area contributed by atoms with Crippen LogP contribution in [0.25, 0.3) is 0 Å². The smallest absolute Gasteiger partial charge is 0.158 e. The van der Waals surface area contributed by atoms with Crippen molar-refractivity contribution in [3.05, 3.63) is 0 Å². The van der Waals surface area contributed by atoms with Crippen LogP contribution in [0.3, 0.4) is 0 Å². The average molecular weight is 187 g/mol. The lowest BCUT2D eigenvalue weighted by molar-refractivity contribution is -0.160. The highest BCUT2D eigenvalue weighted by Crippen LogP contribution is 2.64. The molecule has 3 atom stereocenters. The molecule has 3 rings (SSSR count). The lowest BCUT2D eigenvalue weighted by atomic mass is 9.44. The highest BCUT2D eigenvalue weighted by molar-refractivity contribution is 6.39. The molecular weight excluding hydrogens is 172 g/mol. The monoisotopic (exact) mass is 186 g/mol. The molecule has 0 saturated heterocycles. The van der Waals surface area contributed by atoms with E-state index in [-0.39, 0.29) is 11.3 Å². The Morgan fingerprint density at radius 1 is 1.42 bits per heavy atom. The Bertz CT molecular complexity index is 246. The van der Waals surface area contributed by atoms with Crippen LogP contribution in [0.4, 0.5) is 0 Å². The minimum atomic E-state index is -0.532. The third-order valence-electron chi connectivity index (χ3n) is 4.05. The molecule has 0 amide bonds. The van der Waals surface area contributed by atoms with Gasteiger partial charge in [0.25, 0.3) is 0 Å². The molecule has 0 radical (unpaired) electrons. The van der Waals surface area contributed by atoms with E-state index in [4.69, 9.17) is 11.6 Å². The summed E-state index contributed by atoms with van der Waals surface area (Å²) in [5.74, 6) is 0.894. The molecule has 0 heterocycles. The first kappa shape index (κ1) is 8.55. The summed E-state index contributed by atoms with van der Waals surface area (Å²) in [4.78, 5) is 11.1. The summed E-state index contributed by atoms with van der Waals surface area (Å²) in [6, 6.07) is 0. The number of alkyl halides is 1. The molecule has 3 aliphatic carbocycles. The van der Waals surface area contributed by atoms with Gasteiger partial charge in [-0.1, -0.05) is 20.8 Å². The maximum Gasteiger partial charge on any atom is 0.158 e. The SMILES string of the molecule is CC1CCC2C(=O)C1(Cl)C2(C)C. The van der Waals surface area contributed by atoms with Crippen LogP contribution in [0, 0.1) is 17.3 Å². The summed E-state index contributed by atoms with van der Waals surface area (Å²) in [6.45, 7) is 6.35. The standard InChI is InChI=1S/C10H15ClO/c1-6-4-5-7-8(12)10(6,11)9(7,2)3/h6-7H,4-5H2,1-3H3. The van der Waals surface area contributed by atoms with Gasteiger partial charge in [-0.05, 0) is 18.8 Å². The number of carbonyl (C=O) groups excluding carboxylic acids is 1. The second kappa shape index (κ2) is 2.06. The van der Waals surface area contributed by atoms with Crippen molar-refractivity contribution >= 4 is 17.4 Å². The maximum absolute atomic E-state index is 11.7. The number of hydrogen-bond donors (Lipinski definition) is 0. The summed E-state index contributed by atoms with van der Waals surface area (Å²) in [6.07, 6.45) is 2.16. The summed E-state index contributed by atoms with van der Waals surface area (Å²) in [7, 11) is 0. The van der Waals surface area contributed by atoms with Crippen LogP contribution < -0.4 is 0 Å². The molecule has 0 aromatic carbocycles. The Hall–Kier alpha value is -0.0400. The first-order valence-corrected chi connectivity index (χ1v) is 5.03. The highest BCUT2D eigenvalue weighted by atomic mass is 35.5. The molecule has 3 unspecified atom stereocenters. The predicted octanol–water partition coefficient (Wildman–Crippen LogP) is 2.62. The Labute approximate surface area is 78.5 Å². The predicted molar refractivity (Wildman–Crippen MR) is 49.3 cm³/mol. The van der Waals surface area contributed by atoms with E-state index in [1.165, 1.54) is 0 Å². The first-order chi connectivity index (χ1) is 5.42. The van der Waals surface area contributed by atoms with Gasteiger partial charge in [-0.2, -0.15) is 0 Å².